The van der Waals surface area contributed by atoms with E-state index in [1.54, 1.807) is 0 Å². The van der Waals surface area contributed by atoms with Crippen molar-refractivity contribution in [1.29, 1.82) is 0 Å². The molecule has 112 valence electrons. The number of nitrogens with two attached hydrogens (primary N) is 1. The maximum atomic E-state index is 12.9. The number of carbonyl (C=O) groups excluding carboxylic acids is 2. The van der Waals surface area contributed by atoms with Gasteiger partial charge in [-0.1, -0.05) is 0 Å². The fourth-order valence-electron chi connectivity index (χ4n) is 2.58. The Morgan fingerprint density at radius 3 is 2.24 bits per heavy atom. The highest BCUT2D eigenvalue weighted by atomic mass is 19.4. The first kappa shape index (κ1) is 13.9. The lowest BCUT2D eigenvalue weighted by Crippen LogP contribution is -2.52. The molecule has 0 spiro atoms. The van der Waals surface area contributed by atoms with Crippen molar-refractivity contribution in [3.8, 4) is 0 Å². The fourth-order valence-corrected chi connectivity index (χ4v) is 2.58. The Morgan fingerprint density at radius 2 is 1.71 bits per heavy atom. The van der Waals surface area contributed by atoms with Gasteiger partial charge in [-0.15, -0.1) is 0 Å². The van der Waals surface area contributed by atoms with Crippen LogP contribution in [0.4, 0.5) is 24.5 Å². The van der Waals surface area contributed by atoms with Crippen LogP contribution in [-0.2, 0) is 20.5 Å². The molecule has 2 amide bonds. The largest absolute Gasteiger partial charge is 0.418 e. The smallest absolute Gasteiger partial charge is 0.398 e. The molecule has 2 atom stereocenters. The van der Waals surface area contributed by atoms with Crippen LogP contribution in [0.2, 0.25) is 0 Å². The molecular formula is C13H11F3N2O3. The third kappa shape index (κ3) is 2.15. The molecular weight excluding hydrogens is 289 g/mol. The molecule has 2 bridgehead atoms. The molecule has 2 N–H and O–H groups in total. The Hall–Kier alpha value is -2.09. The van der Waals surface area contributed by atoms with Crippen molar-refractivity contribution in [2.45, 2.75) is 31.2 Å². The number of nitrogen functional groups attached to an aromatic ring is 1. The zero-order chi connectivity index (χ0) is 15.4. The zero-order valence-corrected chi connectivity index (χ0v) is 10.7. The number of morpholine rings is 1. The van der Waals surface area contributed by atoms with E-state index in [2.05, 4.69) is 0 Å². The molecule has 21 heavy (non-hydrogen) atoms. The summed E-state index contributed by atoms with van der Waals surface area (Å²) in [7, 11) is 0. The van der Waals surface area contributed by atoms with Gasteiger partial charge in [0, 0.05) is 5.69 Å². The van der Waals surface area contributed by atoms with Crippen LogP contribution < -0.4 is 10.6 Å². The topological polar surface area (TPSA) is 72.6 Å². The summed E-state index contributed by atoms with van der Waals surface area (Å²) >= 11 is 0. The number of hydrogen-bond acceptors (Lipinski definition) is 4. The van der Waals surface area contributed by atoms with E-state index in [4.69, 9.17) is 10.5 Å². The number of hydrogen-bond donors (Lipinski definition) is 1. The summed E-state index contributed by atoms with van der Waals surface area (Å²) in [5.74, 6) is -1.27. The molecule has 1 aromatic rings. The van der Waals surface area contributed by atoms with Crippen LogP contribution >= 0.6 is 0 Å². The van der Waals surface area contributed by atoms with E-state index < -0.39 is 41.4 Å². The van der Waals surface area contributed by atoms with Gasteiger partial charge in [-0.05, 0) is 31.0 Å². The first-order chi connectivity index (χ1) is 9.79. The second-order valence-corrected chi connectivity index (χ2v) is 4.97. The summed E-state index contributed by atoms with van der Waals surface area (Å²) in [5.41, 5.74) is 3.65. The standard InChI is InChI=1S/C13H11F3N2O3/c14-13(15,16)7-5-6(1-2-8(7)17)18-11(19)9-3-4-10(21-9)12(18)20/h1-2,5,9-10H,3-4,17H2. The molecule has 8 heteroatoms. The van der Waals surface area contributed by atoms with E-state index in [-0.39, 0.29) is 5.69 Å². The summed E-state index contributed by atoms with van der Waals surface area (Å²) in [6.07, 6.45) is -5.39. The Bertz CT molecular complexity index is 608. The predicted molar refractivity (Wildman–Crippen MR) is 66.2 cm³/mol. The van der Waals surface area contributed by atoms with Crippen LogP contribution in [-0.4, -0.2) is 24.0 Å². The highest BCUT2D eigenvalue weighted by Gasteiger charge is 2.47. The lowest BCUT2D eigenvalue weighted by Gasteiger charge is -2.30. The fraction of sp³-hybridized carbons (Fsp3) is 0.385. The van der Waals surface area contributed by atoms with Crippen molar-refractivity contribution in [3.63, 3.8) is 0 Å². The van der Waals surface area contributed by atoms with Gasteiger partial charge in [-0.3, -0.25) is 9.59 Å². The van der Waals surface area contributed by atoms with Crippen LogP contribution in [0, 0.1) is 0 Å². The van der Waals surface area contributed by atoms with Gasteiger partial charge in [0.2, 0.25) is 0 Å². The molecule has 2 saturated heterocycles. The van der Waals surface area contributed by atoms with Gasteiger partial charge >= 0.3 is 6.18 Å². The summed E-state index contributed by atoms with van der Waals surface area (Å²) in [6.45, 7) is 0. The zero-order valence-electron chi connectivity index (χ0n) is 10.7. The number of rotatable bonds is 1. The predicted octanol–water partition coefficient (Wildman–Crippen LogP) is 1.71. The monoisotopic (exact) mass is 300 g/mol. The Labute approximate surface area is 117 Å². The van der Waals surface area contributed by atoms with Crippen LogP contribution in [0.1, 0.15) is 18.4 Å². The molecule has 2 fully saturated rings. The van der Waals surface area contributed by atoms with E-state index in [0.29, 0.717) is 12.8 Å². The van der Waals surface area contributed by atoms with Crippen molar-refractivity contribution >= 4 is 23.2 Å². The number of fused-ring (bicyclic) bond motifs is 2. The Kier molecular flexibility index (Phi) is 2.94. The van der Waals surface area contributed by atoms with Crippen LogP contribution in [0.5, 0.6) is 0 Å². The molecule has 1 aromatic carbocycles. The summed E-state index contributed by atoms with van der Waals surface area (Å²) < 4.78 is 43.8. The highest BCUT2D eigenvalue weighted by molar-refractivity contribution is 6.19. The number of nitrogens with zero attached hydrogens (tertiary/aromatic N) is 1. The van der Waals surface area contributed by atoms with Gasteiger partial charge in [0.15, 0.2) is 0 Å². The SMILES string of the molecule is Nc1ccc(N2C(=O)C3CCC(O3)C2=O)cc1C(F)(F)F. The van der Waals surface area contributed by atoms with E-state index in [0.717, 1.165) is 17.0 Å². The second-order valence-electron chi connectivity index (χ2n) is 4.97. The van der Waals surface area contributed by atoms with Crippen molar-refractivity contribution in [3.05, 3.63) is 23.8 Å². The third-order valence-corrected chi connectivity index (χ3v) is 3.61. The number of amides is 2. The van der Waals surface area contributed by atoms with Crippen molar-refractivity contribution < 1.29 is 27.5 Å². The molecule has 2 aliphatic heterocycles. The average Bonchev–Trinajstić information content (AvgIpc) is 2.84. The minimum Gasteiger partial charge on any atom is -0.398 e. The van der Waals surface area contributed by atoms with Crippen LogP contribution in [0.25, 0.3) is 0 Å². The highest BCUT2D eigenvalue weighted by Crippen LogP contribution is 2.38. The lowest BCUT2D eigenvalue weighted by molar-refractivity contribution is -0.147. The van der Waals surface area contributed by atoms with Gasteiger partial charge in [-0.2, -0.15) is 13.2 Å². The summed E-state index contributed by atoms with van der Waals surface area (Å²) in [4.78, 5) is 25.0. The summed E-state index contributed by atoms with van der Waals surface area (Å²) in [5, 5.41) is 0. The quantitative estimate of drug-likeness (QED) is 0.633. The van der Waals surface area contributed by atoms with Crippen molar-refractivity contribution in [2.24, 2.45) is 0 Å². The Balaban J connectivity index is 2.04. The minimum atomic E-state index is -4.66. The number of carbonyl (C=O) groups is 2. The maximum absolute atomic E-state index is 12.9. The van der Waals surface area contributed by atoms with Crippen molar-refractivity contribution in [1.82, 2.24) is 0 Å². The van der Waals surface area contributed by atoms with E-state index in [1.807, 2.05) is 0 Å². The third-order valence-electron chi connectivity index (χ3n) is 3.61. The minimum absolute atomic E-state index is 0.133. The number of imide groups is 1. The second kappa shape index (κ2) is 4.45. The van der Waals surface area contributed by atoms with E-state index >= 15 is 0 Å². The molecule has 2 unspecified atom stereocenters. The van der Waals surface area contributed by atoms with Gasteiger partial charge in [0.25, 0.3) is 11.8 Å². The molecule has 5 nitrogen and oxygen atoms in total. The van der Waals surface area contributed by atoms with Crippen LogP contribution in [0.15, 0.2) is 18.2 Å². The van der Waals surface area contributed by atoms with Gasteiger partial charge in [-0.25, -0.2) is 4.90 Å². The van der Waals surface area contributed by atoms with Crippen molar-refractivity contribution in [2.75, 3.05) is 10.6 Å². The van der Waals surface area contributed by atoms with Crippen LogP contribution in [0.3, 0.4) is 0 Å². The van der Waals surface area contributed by atoms with E-state index in [9.17, 15) is 22.8 Å². The Morgan fingerprint density at radius 1 is 1.14 bits per heavy atom. The number of ether oxygens (including phenoxy) is 1. The van der Waals surface area contributed by atoms with Gasteiger partial charge in [0.1, 0.15) is 12.2 Å². The number of alkyl halides is 3. The average molecular weight is 300 g/mol. The van der Waals surface area contributed by atoms with Gasteiger partial charge in [0.05, 0.1) is 11.3 Å². The molecule has 3 rings (SSSR count). The lowest BCUT2D eigenvalue weighted by atomic mass is 10.1. The first-order valence-electron chi connectivity index (χ1n) is 6.29. The van der Waals surface area contributed by atoms with Gasteiger partial charge < -0.3 is 10.5 Å². The number of benzene rings is 1. The molecule has 0 aromatic heterocycles. The number of anilines is 2. The molecule has 0 aliphatic carbocycles. The first-order valence-corrected chi connectivity index (χ1v) is 6.29. The molecule has 0 radical (unpaired) electrons. The summed E-state index contributed by atoms with van der Waals surface area (Å²) in [6, 6.07) is 2.98. The van der Waals surface area contributed by atoms with E-state index in [1.165, 1.54) is 6.07 Å². The normalized spacial score (nSPS) is 25.6. The maximum Gasteiger partial charge on any atom is 0.418 e. The number of halogens is 3. The molecule has 2 heterocycles. The molecule has 0 saturated carbocycles. The molecule has 2 aliphatic rings.